The van der Waals surface area contributed by atoms with Crippen LogP contribution in [0.25, 0.3) is 0 Å². The smallest absolute Gasteiger partial charge is 0.335 e. The summed E-state index contributed by atoms with van der Waals surface area (Å²) in [4.78, 5) is 12.9. The summed E-state index contributed by atoms with van der Waals surface area (Å²) in [5.74, 6) is -0.908. The molecule has 0 radical (unpaired) electrons. The minimum absolute atomic E-state index is 0.0238. The summed E-state index contributed by atoms with van der Waals surface area (Å²) in [7, 11) is 1.98. The Bertz CT molecular complexity index is 404. The third-order valence-electron chi connectivity index (χ3n) is 3.47. The standard InChI is InChI=1S/C13H16FNO2/c1-15-7-6-11(8-14)12(15)9-2-4-10(5-3-9)13(16)17/h2-5,11-12H,6-8H2,1H3,(H,16,17). The number of benzene rings is 1. The van der Waals surface area contributed by atoms with E-state index in [0.717, 1.165) is 18.5 Å². The van der Waals surface area contributed by atoms with Crippen LogP contribution in [-0.4, -0.2) is 36.2 Å². The molecule has 1 N–H and O–H groups in total. The monoisotopic (exact) mass is 237 g/mol. The molecule has 1 aromatic carbocycles. The van der Waals surface area contributed by atoms with E-state index < -0.39 is 5.97 Å². The van der Waals surface area contributed by atoms with Gasteiger partial charge in [0.05, 0.1) is 12.2 Å². The first-order chi connectivity index (χ1) is 8.13. The number of aromatic carboxylic acids is 1. The fourth-order valence-corrected chi connectivity index (χ4v) is 2.54. The lowest BCUT2D eigenvalue weighted by Gasteiger charge is -2.24. The zero-order chi connectivity index (χ0) is 12.4. The highest BCUT2D eigenvalue weighted by molar-refractivity contribution is 5.87. The number of likely N-dealkylation sites (tertiary alicyclic amines) is 1. The van der Waals surface area contributed by atoms with Gasteiger partial charge in [-0.2, -0.15) is 0 Å². The van der Waals surface area contributed by atoms with Crippen molar-refractivity contribution in [1.29, 1.82) is 0 Å². The lowest BCUT2D eigenvalue weighted by Crippen LogP contribution is -2.22. The van der Waals surface area contributed by atoms with Crippen LogP contribution >= 0.6 is 0 Å². The van der Waals surface area contributed by atoms with E-state index in [1.165, 1.54) is 0 Å². The maximum atomic E-state index is 12.9. The highest BCUT2D eigenvalue weighted by atomic mass is 19.1. The van der Waals surface area contributed by atoms with Crippen LogP contribution < -0.4 is 0 Å². The number of halogens is 1. The number of hydrogen-bond donors (Lipinski definition) is 1. The van der Waals surface area contributed by atoms with Crippen molar-refractivity contribution in [1.82, 2.24) is 4.90 Å². The Balaban J connectivity index is 2.24. The van der Waals surface area contributed by atoms with Gasteiger partial charge in [0.15, 0.2) is 0 Å². The third-order valence-corrected chi connectivity index (χ3v) is 3.47. The molecule has 17 heavy (non-hydrogen) atoms. The molecule has 92 valence electrons. The van der Waals surface area contributed by atoms with Gasteiger partial charge in [0, 0.05) is 12.0 Å². The van der Waals surface area contributed by atoms with E-state index in [1.807, 2.05) is 7.05 Å². The molecule has 1 saturated heterocycles. The zero-order valence-corrected chi connectivity index (χ0v) is 9.77. The Hall–Kier alpha value is -1.42. The first-order valence-electron chi connectivity index (χ1n) is 5.73. The molecule has 1 aromatic rings. The first-order valence-corrected chi connectivity index (χ1v) is 5.73. The van der Waals surface area contributed by atoms with Crippen molar-refractivity contribution in [2.24, 2.45) is 5.92 Å². The van der Waals surface area contributed by atoms with Crippen LogP contribution in [0.1, 0.15) is 28.4 Å². The van der Waals surface area contributed by atoms with Gasteiger partial charge < -0.3 is 5.11 Å². The number of nitrogens with zero attached hydrogens (tertiary/aromatic N) is 1. The fraction of sp³-hybridized carbons (Fsp3) is 0.462. The van der Waals surface area contributed by atoms with Crippen LogP contribution in [0, 0.1) is 5.92 Å². The summed E-state index contributed by atoms with van der Waals surface area (Å²) in [6, 6.07) is 6.82. The van der Waals surface area contributed by atoms with E-state index >= 15 is 0 Å². The Kier molecular flexibility index (Phi) is 3.43. The lowest BCUT2D eigenvalue weighted by atomic mass is 9.94. The summed E-state index contributed by atoms with van der Waals surface area (Å²) in [5, 5.41) is 8.82. The summed E-state index contributed by atoms with van der Waals surface area (Å²) >= 11 is 0. The Morgan fingerprint density at radius 3 is 2.65 bits per heavy atom. The minimum Gasteiger partial charge on any atom is -0.478 e. The fourth-order valence-electron chi connectivity index (χ4n) is 2.54. The lowest BCUT2D eigenvalue weighted by molar-refractivity contribution is 0.0697. The van der Waals surface area contributed by atoms with E-state index in [0.29, 0.717) is 0 Å². The van der Waals surface area contributed by atoms with Gasteiger partial charge >= 0.3 is 5.97 Å². The van der Waals surface area contributed by atoms with E-state index in [9.17, 15) is 9.18 Å². The molecule has 0 aliphatic carbocycles. The van der Waals surface area contributed by atoms with Crippen LogP contribution in [0.15, 0.2) is 24.3 Å². The average molecular weight is 237 g/mol. The highest BCUT2D eigenvalue weighted by Crippen LogP contribution is 2.36. The summed E-state index contributed by atoms with van der Waals surface area (Å²) in [6.45, 7) is 0.565. The van der Waals surface area contributed by atoms with Gasteiger partial charge in [-0.1, -0.05) is 12.1 Å². The molecular weight excluding hydrogens is 221 g/mol. The van der Waals surface area contributed by atoms with Gasteiger partial charge in [0.25, 0.3) is 0 Å². The molecule has 0 aromatic heterocycles. The second-order valence-electron chi connectivity index (χ2n) is 4.56. The zero-order valence-electron chi connectivity index (χ0n) is 9.77. The molecule has 0 bridgehead atoms. The van der Waals surface area contributed by atoms with Crippen molar-refractivity contribution < 1.29 is 14.3 Å². The van der Waals surface area contributed by atoms with Crippen LogP contribution in [0.2, 0.25) is 0 Å². The van der Waals surface area contributed by atoms with E-state index in [2.05, 4.69) is 4.90 Å². The molecule has 2 rings (SSSR count). The number of rotatable bonds is 3. The molecule has 4 heteroatoms. The molecule has 0 spiro atoms. The maximum absolute atomic E-state index is 12.9. The Morgan fingerprint density at radius 1 is 1.47 bits per heavy atom. The molecule has 1 aliphatic heterocycles. The molecular formula is C13H16FNO2. The average Bonchev–Trinajstić information content (AvgIpc) is 2.70. The van der Waals surface area contributed by atoms with Gasteiger partial charge in [-0.05, 0) is 37.7 Å². The van der Waals surface area contributed by atoms with Crippen molar-refractivity contribution in [3.05, 3.63) is 35.4 Å². The largest absolute Gasteiger partial charge is 0.478 e. The van der Waals surface area contributed by atoms with Gasteiger partial charge in [-0.3, -0.25) is 9.29 Å². The molecule has 0 amide bonds. The number of carboxylic acids is 1. The van der Waals surface area contributed by atoms with Crippen molar-refractivity contribution in [2.75, 3.05) is 20.3 Å². The van der Waals surface area contributed by atoms with E-state index in [-0.39, 0.29) is 24.2 Å². The summed E-state index contributed by atoms with van der Waals surface area (Å²) in [5.41, 5.74) is 1.27. The normalized spacial score (nSPS) is 25.1. The first kappa shape index (κ1) is 12.0. The second-order valence-corrected chi connectivity index (χ2v) is 4.56. The van der Waals surface area contributed by atoms with Gasteiger partial charge in [0.2, 0.25) is 0 Å². The maximum Gasteiger partial charge on any atom is 0.335 e. The van der Waals surface area contributed by atoms with Crippen molar-refractivity contribution in [3.8, 4) is 0 Å². The molecule has 2 unspecified atom stereocenters. The van der Waals surface area contributed by atoms with Crippen molar-refractivity contribution >= 4 is 5.97 Å². The molecule has 1 heterocycles. The highest BCUT2D eigenvalue weighted by Gasteiger charge is 2.32. The topological polar surface area (TPSA) is 40.5 Å². The summed E-state index contributed by atoms with van der Waals surface area (Å²) in [6.07, 6.45) is 0.859. The second kappa shape index (κ2) is 4.84. The minimum atomic E-state index is -0.932. The number of hydrogen-bond acceptors (Lipinski definition) is 2. The van der Waals surface area contributed by atoms with Gasteiger partial charge in [0.1, 0.15) is 0 Å². The number of carbonyl (C=O) groups is 1. The SMILES string of the molecule is CN1CCC(CF)C1c1ccc(C(=O)O)cc1. The summed E-state index contributed by atoms with van der Waals surface area (Å²) < 4.78 is 12.9. The quantitative estimate of drug-likeness (QED) is 0.877. The van der Waals surface area contributed by atoms with Crippen LogP contribution in [0.4, 0.5) is 4.39 Å². The van der Waals surface area contributed by atoms with Crippen molar-refractivity contribution in [3.63, 3.8) is 0 Å². The molecule has 1 aliphatic rings. The van der Waals surface area contributed by atoms with Crippen LogP contribution in [-0.2, 0) is 0 Å². The van der Waals surface area contributed by atoms with Gasteiger partial charge in [-0.25, -0.2) is 4.79 Å². The third kappa shape index (κ3) is 2.31. The van der Waals surface area contributed by atoms with Crippen LogP contribution in [0.3, 0.4) is 0 Å². The van der Waals surface area contributed by atoms with E-state index in [1.54, 1.807) is 24.3 Å². The Labute approximate surface area is 99.9 Å². The van der Waals surface area contributed by atoms with Crippen LogP contribution in [0.5, 0.6) is 0 Å². The number of carboxylic acid groups (broad SMARTS) is 1. The molecule has 1 fully saturated rings. The number of alkyl halides is 1. The molecule has 3 nitrogen and oxygen atoms in total. The predicted molar refractivity (Wildman–Crippen MR) is 62.9 cm³/mol. The predicted octanol–water partition coefficient (Wildman–Crippen LogP) is 2.35. The van der Waals surface area contributed by atoms with Gasteiger partial charge in [-0.15, -0.1) is 0 Å². The van der Waals surface area contributed by atoms with E-state index in [4.69, 9.17) is 5.11 Å². The van der Waals surface area contributed by atoms with Crippen molar-refractivity contribution in [2.45, 2.75) is 12.5 Å². The molecule has 0 saturated carbocycles. The molecule has 2 atom stereocenters. The Morgan fingerprint density at radius 2 is 2.12 bits per heavy atom.